The first-order valence-electron chi connectivity index (χ1n) is 6.22. The summed E-state index contributed by atoms with van der Waals surface area (Å²) in [4.78, 5) is 22.3. The number of benzene rings is 1. The van der Waals surface area contributed by atoms with Gasteiger partial charge in [0.1, 0.15) is 0 Å². The molecule has 1 aromatic carbocycles. The Kier molecular flexibility index (Phi) is 4.03. The molecule has 10 heteroatoms. The molecule has 0 heterocycles. The van der Waals surface area contributed by atoms with E-state index in [9.17, 15) is 35.9 Å². The van der Waals surface area contributed by atoms with Crippen molar-refractivity contribution in [3.05, 3.63) is 29.3 Å². The van der Waals surface area contributed by atoms with Gasteiger partial charge in [0, 0.05) is 5.69 Å². The molecule has 0 bridgehead atoms. The van der Waals surface area contributed by atoms with Gasteiger partial charge in [0.2, 0.25) is 5.91 Å². The van der Waals surface area contributed by atoms with Crippen molar-refractivity contribution in [3.8, 4) is 0 Å². The van der Waals surface area contributed by atoms with Crippen LogP contribution in [0.5, 0.6) is 0 Å². The van der Waals surface area contributed by atoms with Gasteiger partial charge >= 0.3 is 18.3 Å². The summed E-state index contributed by atoms with van der Waals surface area (Å²) in [7, 11) is 0. The van der Waals surface area contributed by atoms with Gasteiger partial charge in [0.25, 0.3) is 0 Å². The van der Waals surface area contributed by atoms with Crippen molar-refractivity contribution in [1.29, 1.82) is 0 Å². The molecule has 0 saturated heterocycles. The first-order chi connectivity index (χ1) is 10.4. The van der Waals surface area contributed by atoms with Crippen LogP contribution < -0.4 is 5.32 Å². The number of rotatable bonds is 3. The number of carboxylic acids is 1. The molecule has 0 aromatic heterocycles. The van der Waals surface area contributed by atoms with E-state index in [1.54, 1.807) is 0 Å². The number of carbonyl (C=O) groups is 2. The van der Waals surface area contributed by atoms with Crippen LogP contribution in [0.25, 0.3) is 0 Å². The Balaban J connectivity index is 2.28. The Bertz CT molecular complexity index is 620. The number of nitrogens with one attached hydrogen (secondary N) is 1. The van der Waals surface area contributed by atoms with E-state index < -0.39 is 52.9 Å². The van der Waals surface area contributed by atoms with Crippen molar-refractivity contribution in [2.24, 2.45) is 11.8 Å². The fourth-order valence-corrected chi connectivity index (χ4v) is 2.02. The normalized spacial score (nSPS) is 21.0. The molecule has 1 saturated carbocycles. The van der Waals surface area contributed by atoms with Crippen LogP contribution in [-0.2, 0) is 21.9 Å². The monoisotopic (exact) mass is 341 g/mol. The van der Waals surface area contributed by atoms with Crippen molar-refractivity contribution in [3.63, 3.8) is 0 Å². The zero-order valence-electron chi connectivity index (χ0n) is 11.1. The lowest BCUT2D eigenvalue weighted by Gasteiger charge is -2.14. The van der Waals surface area contributed by atoms with Crippen LogP contribution in [0, 0.1) is 11.8 Å². The molecule has 1 aliphatic rings. The minimum atomic E-state index is -5.02. The second kappa shape index (κ2) is 5.43. The number of aliphatic carboxylic acids is 1. The van der Waals surface area contributed by atoms with E-state index in [0.717, 1.165) is 0 Å². The second-order valence-corrected chi connectivity index (χ2v) is 5.07. The van der Waals surface area contributed by atoms with Gasteiger partial charge in [0.05, 0.1) is 23.0 Å². The standard InChI is InChI=1S/C13H9F6NO3/c14-12(15,16)5-1-6(13(17,18)19)3-7(2-5)20-10(21)8-4-9(8)11(22)23/h1-3,8-9H,4H2,(H,20,21)(H,22,23)/t8-,9+/m0/s1. The second-order valence-electron chi connectivity index (χ2n) is 5.07. The minimum absolute atomic E-state index is 0.00768. The third kappa shape index (κ3) is 3.93. The minimum Gasteiger partial charge on any atom is -0.481 e. The van der Waals surface area contributed by atoms with Crippen LogP contribution in [0.4, 0.5) is 32.0 Å². The van der Waals surface area contributed by atoms with Crippen LogP contribution in [0.15, 0.2) is 18.2 Å². The average Bonchev–Trinajstić information content (AvgIpc) is 3.16. The predicted octanol–water partition coefficient (Wildman–Crippen LogP) is 3.38. The van der Waals surface area contributed by atoms with Gasteiger partial charge in [0.15, 0.2) is 0 Å². The summed E-state index contributed by atoms with van der Waals surface area (Å²) in [5.74, 6) is -4.10. The van der Waals surface area contributed by atoms with Gasteiger partial charge in [-0.25, -0.2) is 0 Å². The summed E-state index contributed by atoms with van der Waals surface area (Å²) >= 11 is 0. The molecule has 2 rings (SSSR count). The molecule has 2 N–H and O–H groups in total. The zero-order valence-corrected chi connectivity index (χ0v) is 11.1. The highest BCUT2D eigenvalue weighted by molar-refractivity contribution is 5.98. The van der Waals surface area contributed by atoms with Crippen molar-refractivity contribution in [1.82, 2.24) is 0 Å². The number of alkyl halides is 6. The lowest BCUT2D eigenvalue weighted by atomic mass is 10.1. The fraction of sp³-hybridized carbons (Fsp3) is 0.385. The summed E-state index contributed by atoms with van der Waals surface area (Å²) in [6.45, 7) is 0. The van der Waals surface area contributed by atoms with E-state index in [1.807, 2.05) is 5.32 Å². The van der Waals surface area contributed by atoms with Crippen LogP contribution in [0.2, 0.25) is 0 Å². The van der Waals surface area contributed by atoms with Gasteiger partial charge in [-0.15, -0.1) is 0 Å². The molecule has 0 aliphatic heterocycles. The fourth-order valence-electron chi connectivity index (χ4n) is 2.02. The molecule has 126 valence electrons. The van der Waals surface area contributed by atoms with Crippen LogP contribution in [0.3, 0.4) is 0 Å². The molecule has 1 aliphatic carbocycles. The van der Waals surface area contributed by atoms with Crippen molar-refractivity contribution >= 4 is 17.6 Å². The predicted molar refractivity (Wildman–Crippen MR) is 64.3 cm³/mol. The molecule has 1 aromatic rings. The van der Waals surface area contributed by atoms with Crippen molar-refractivity contribution in [2.75, 3.05) is 5.32 Å². The van der Waals surface area contributed by atoms with Gasteiger partial charge in [-0.05, 0) is 24.6 Å². The summed E-state index contributed by atoms with van der Waals surface area (Å²) < 4.78 is 75.9. The number of halogens is 6. The molecule has 1 fully saturated rings. The van der Waals surface area contributed by atoms with Crippen molar-refractivity contribution < 1.29 is 41.0 Å². The topological polar surface area (TPSA) is 66.4 Å². The average molecular weight is 341 g/mol. The number of hydrogen-bond donors (Lipinski definition) is 2. The third-order valence-electron chi connectivity index (χ3n) is 3.30. The maximum absolute atomic E-state index is 12.7. The molecule has 1 amide bonds. The Labute approximate surface area is 125 Å². The Morgan fingerprint density at radius 1 is 0.957 bits per heavy atom. The number of amides is 1. The zero-order chi connectivity index (χ0) is 17.6. The van der Waals surface area contributed by atoms with E-state index >= 15 is 0 Å². The molecule has 2 atom stereocenters. The number of anilines is 1. The van der Waals surface area contributed by atoms with Gasteiger partial charge < -0.3 is 10.4 Å². The summed E-state index contributed by atoms with van der Waals surface area (Å²) in [5.41, 5.74) is -3.81. The third-order valence-corrected chi connectivity index (χ3v) is 3.30. The Morgan fingerprint density at radius 2 is 1.43 bits per heavy atom. The van der Waals surface area contributed by atoms with Crippen LogP contribution in [0.1, 0.15) is 17.5 Å². The highest BCUT2D eigenvalue weighted by Crippen LogP contribution is 2.41. The first kappa shape index (κ1) is 17.1. The Morgan fingerprint density at radius 3 is 1.78 bits per heavy atom. The Hall–Kier alpha value is -2.26. The summed E-state index contributed by atoms with van der Waals surface area (Å²) in [6, 6.07) is 0.670. The van der Waals surface area contributed by atoms with Gasteiger partial charge in [-0.3, -0.25) is 9.59 Å². The van der Waals surface area contributed by atoms with Crippen LogP contribution >= 0.6 is 0 Å². The van der Waals surface area contributed by atoms with Gasteiger partial charge in [-0.2, -0.15) is 26.3 Å². The molecular formula is C13H9F6NO3. The molecule has 0 spiro atoms. The van der Waals surface area contributed by atoms with Crippen molar-refractivity contribution in [2.45, 2.75) is 18.8 Å². The van der Waals surface area contributed by atoms with E-state index in [1.165, 1.54) is 0 Å². The van der Waals surface area contributed by atoms with Gasteiger partial charge in [-0.1, -0.05) is 0 Å². The summed E-state index contributed by atoms with van der Waals surface area (Å²) in [5, 5.41) is 10.6. The lowest BCUT2D eigenvalue weighted by molar-refractivity contribution is -0.143. The molecule has 0 unspecified atom stereocenters. The van der Waals surface area contributed by atoms with Crippen LogP contribution in [-0.4, -0.2) is 17.0 Å². The highest BCUT2D eigenvalue weighted by Gasteiger charge is 2.48. The summed E-state index contributed by atoms with van der Waals surface area (Å²) in [6.07, 6.45) is -10.1. The van der Waals surface area contributed by atoms with E-state index in [4.69, 9.17) is 5.11 Å². The maximum atomic E-state index is 12.7. The number of hydrogen-bond acceptors (Lipinski definition) is 2. The molecule has 0 radical (unpaired) electrons. The van der Waals surface area contributed by atoms with E-state index in [-0.39, 0.29) is 12.5 Å². The number of carboxylic acid groups (broad SMARTS) is 1. The largest absolute Gasteiger partial charge is 0.481 e. The van der Waals surface area contributed by atoms with E-state index in [2.05, 4.69) is 0 Å². The maximum Gasteiger partial charge on any atom is 0.416 e. The quantitative estimate of drug-likeness (QED) is 0.829. The SMILES string of the molecule is O=C(Nc1cc(C(F)(F)F)cc(C(F)(F)F)c1)[C@H]1C[C@H]1C(=O)O. The smallest absolute Gasteiger partial charge is 0.416 e. The lowest BCUT2D eigenvalue weighted by Crippen LogP contribution is -2.18. The van der Waals surface area contributed by atoms with E-state index in [0.29, 0.717) is 12.1 Å². The first-order valence-corrected chi connectivity index (χ1v) is 6.22. The number of carbonyl (C=O) groups excluding carboxylic acids is 1. The highest BCUT2D eigenvalue weighted by atomic mass is 19.4. The molecule has 4 nitrogen and oxygen atoms in total. The molecule has 23 heavy (non-hydrogen) atoms. The molecular weight excluding hydrogens is 332 g/mol.